The number of hydrogen-bond donors (Lipinski definition) is 4. The summed E-state index contributed by atoms with van der Waals surface area (Å²) in [4.78, 5) is 12.0. The summed E-state index contributed by atoms with van der Waals surface area (Å²) in [5.74, 6) is 1.66. The molecule has 1 amide bonds. The number of amides is 1. The van der Waals surface area contributed by atoms with E-state index in [0.717, 1.165) is 12.0 Å². The minimum atomic E-state index is -3.52. The molecule has 0 saturated carbocycles. The van der Waals surface area contributed by atoms with Gasteiger partial charge >= 0.3 is 0 Å². The first-order valence-corrected chi connectivity index (χ1v) is 13.6. The van der Waals surface area contributed by atoms with Crippen LogP contribution in [0.5, 0.6) is 17.2 Å². The second-order valence-corrected chi connectivity index (χ2v) is 10.4. The number of hydrogen-bond acceptors (Lipinski definition) is 8. The Morgan fingerprint density at radius 1 is 1.08 bits per heavy atom. The number of nitrogens with one attached hydrogen (secondary N) is 3. The second kappa shape index (κ2) is 12.8. The molecule has 198 valence electrons. The SMILES string of the molecule is CCCS(=O)(=O)Nc1ccc(OCC(O)CNCCc2ccc(OC)c(OC)c2)c2c1NC(=O)CC2. The molecule has 0 radical (unpaired) electrons. The van der Waals surface area contributed by atoms with E-state index < -0.39 is 16.1 Å². The number of rotatable bonds is 14. The highest BCUT2D eigenvalue weighted by Crippen LogP contribution is 2.38. The number of methoxy groups -OCH3 is 2. The number of anilines is 2. The molecule has 1 atom stereocenters. The zero-order valence-corrected chi connectivity index (χ0v) is 21.7. The lowest BCUT2D eigenvalue weighted by molar-refractivity contribution is -0.116. The molecule has 0 saturated heterocycles. The third-order valence-electron chi connectivity index (χ3n) is 5.72. The van der Waals surface area contributed by atoms with Gasteiger partial charge in [-0.2, -0.15) is 0 Å². The largest absolute Gasteiger partial charge is 0.493 e. The second-order valence-electron chi connectivity index (χ2n) is 8.54. The topological polar surface area (TPSA) is 135 Å². The normalized spacial score (nSPS) is 13.9. The van der Waals surface area contributed by atoms with Gasteiger partial charge in [-0.1, -0.05) is 13.0 Å². The van der Waals surface area contributed by atoms with Crippen molar-refractivity contribution in [2.45, 2.75) is 38.7 Å². The molecule has 1 unspecified atom stereocenters. The number of ether oxygens (including phenoxy) is 3. The number of benzene rings is 2. The van der Waals surface area contributed by atoms with Gasteiger partial charge in [-0.25, -0.2) is 8.42 Å². The number of carbonyl (C=O) groups is 1. The van der Waals surface area contributed by atoms with Crippen molar-refractivity contribution in [1.29, 1.82) is 0 Å². The number of aliphatic hydroxyl groups excluding tert-OH is 1. The van der Waals surface area contributed by atoms with Crippen LogP contribution in [-0.4, -0.2) is 65.2 Å². The molecule has 1 aliphatic rings. The first kappa shape index (κ1) is 27.6. The van der Waals surface area contributed by atoms with E-state index in [9.17, 15) is 18.3 Å². The van der Waals surface area contributed by atoms with Crippen LogP contribution in [0.15, 0.2) is 30.3 Å². The van der Waals surface area contributed by atoms with Crippen molar-refractivity contribution in [3.63, 3.8) is 0 Å². The quantitative estimate of drug-likeness (QED) is 0.278. The van der Waals surface area contributed by atoms with Crippen molar-refractivity contribution in [3.05, 3.63) is 41.5 Å². The van der Waals surface area contributed by atoms with Crippen LogP contribution in [0.3, 0.4) is 0 Å². The van der Waals surface area contributed by atoms with E-state index in [1.165, 1.54) is 0 Å². The predicted molar refractivity (Wildman–Crippen MR) is 139 cm³/mol. The number of carbonyl (C=O) groups excluding carboxylic acids is 1. The van der Waals surface area contributed by atoms with Crippen LogP contribution >= 0.6 is 0 Å². The zero-order valence-electron chi connectivity index (χ0n) is 20.9. The Morgan fingerprint density at radius 3 is 2.56 bits per heavy atom. The number of aliphatic hydroxyl groups is 1. The molecule has 3 rings (SSSR count). The van der Waals surface area contributed by atoms with Gasteiger partial charge in [0.2, 0.25) is 15.9 Å². The van der Waals surface area contributed by atoms with Gasteiger partial charge in [0.25, 0.3) is 0 Å². The molecule has 2 aromatic carbocycles. The lowest BCUT2D eigenvalue weighted by Gasteiger charge is -2.24. The number of sulfonamides is 1. The molecule has 4 N–H and O–H groups in total. The maximum Gasteiger partial charge on any atom is 0.232 e. The summed E-state index contributed by atoms with van der Waals surface area (Å²) in [6.07, 6.45) is 1.16. The minimum absolute atomic E-state index is 0.0147. The molecule has 0 bridgehead atoms. The van der Waals surface area contributed by atoms with E-state index in [2.05, 4.69) is 15.4 Å². The highest BCUT2D eigenvalue weighted by molar-refractivity contribution is 7.92. The van der Waals surface area contributed by atoms with Gasteiger partial charge in [0, 0.05) is 18.5 Å². The van der Waals surface area contributed by atoms with Crippen LogP contribution in [0.1, 0.15) is 30.9 Å². The highest BCUT2D eigenvalue weighted by Gasteiger charge is 2.24. The first-order chi connectivity index (χ1) is 17.3. The molecular weight excluding hydrogens is 486 g/mol. The van der Waals surface area contributed by atoms with Crippen molar-refractivity contribution in [2.24, 2.45) is 0 Å². The summed E-state index contributed by atoms with van der Waals surface area (Å²) in [7, 11) is -0.327. The summed E-state index contributed by atoms with van der Waals surface area (Å²) in [5, 5.41) is 16.4. The smallest absolute Gasteiger partial charge is 0.232 e. The molecule has 2 aromatic rings. The van der Waals surface area contributed by atoms with E-state index in [4.69, 9.17) is 14.2 Å². The summed E-state index contributed by atoms with van der Waals surface area (Å²) in [6.45, 7) is 2.82. The van der Waals surface area contributed by atoms with Crippen LogP contribution in [0.2, 0.25) is 0 Å². The molecule has 1 aliphatic heterocycles. The fourth-order valence-corrected chi connectivity index (χ4v) is 5.09. The summed E-state index contributed by atoms with van der Waals surface area (Å²) >= 11 is 0. The average molecular weight is 522 g/mol. The Kier molecular flexibility index (Phi) is 9.80. The monoisotopic (exact) mass is 521 g/mol. The lowest BCUT2D eigenvalue weighted by Crippen LogP contribution is -2.32. The van der Waals surface area contributed by atoms with E-state index in [0.29, 0.717) is 60.1 Å². The maximum atomic E-state index is 12.2. The Balaban J connectivity index is 1.54. The third kappa shape index (κ3) is 7.49. The molecule has 36 heavy (non-hydrogen) atoms. The predicted octanol–water partition coefficient (Wildman–Crippen LogP) is 2.31. The van der Waals surface area contributed by atoms with Crippen molar-refractivity contribution >= 4 is 27.3 Å². The van der Waals surface area contributed by atoms with Gasteiger partial charge in [-0.15, -0.1) is 0 Å². The van der Waals surface area contributed by atoms with Gasteiger partial charge < -0.3 is 30.0 Å². The molecule has 10 nitrogen and oxygen atoms in total. The van der Waals surface area contributed by atoms with Crippen molar-refractivity contribution in [3.8, 4) is 17.2 Å². The van der Waals surface area contributed by atoms with Crippen LogP contribution in [0.4, 0.5) is 11.4 Å². The lowest BCUT2D eigenvalue weighted by atomic mass is 10.0. The fourth-order valence-electron chi connectivity index (χ4n) is 3.95. The van der Waals surface area contributed by atoms with Crippen molar-refractivity contribution in [2.75, 3.05) is 49.7 Å². The number of fused-ring (bicyclic) bond motifs is 1. The molecule has 0 aromatic heterocycles. The van der Waals surface area contributed by atoms with Crippen LogP contribution in [0, 0.1) is 0 Å². The van der Waals surface area contributed by atoms with Gasteiger partial charge in [-0.3, -0.25) is 9.52 Å². The van der Waals surface area contributed by atoms with E-state index >= 15 is 0 Å². The Hall–Kier alpha value is -3.02. The summed E-state index contributed by atoms with van der Waals surface area (Å²) in [6, 6.07) is 8.99. The minimum Gasteiger partial charge on any atom is -0.493 e. The van der Waals surface area contributed by atoms with Gasteiger partial charge in [0.15, 0.2) is 11.5 Å². The van der Waals surface area contributed by atoms with Gasteiger partial charge in [0.05, 0.1) is 31.3 Å². The third-order valence-corrected chi connectivity index (χ3v) is 7.20. The van der Waals surface area contributed by atoms with E-state index in [-0.39, 0.29) is 24.7 Å². The molecule has 0 spiro atoms. The average Bonchev–Trinajstić information content (AvgIpc) is 2.85. The van der Waals surface area contributed by atoms with E-state index in [1.807, 2.05) is 18.2 Å². The van der Waals surface area contributed by atoms with Crippen LogP contribution < -0.4 is 29.6 Å². The molecule has 0 fully saturated rings. The van der Waals surface area contributed by atoms with Gasteiger partial charge in [-0.05, 0) is 55.6 Å². The Morgan fingerprint density at radius 2 is 1.83 bits per heavy atom. The van der Waals surface area contributed by atoms with Crippen LogP contribution in [0.25, 0.3) is 0 Å². The fraction of sp³-hybridized carbons (Fsp3) is 0.480. The molecular formula is C25H35N3O7S. The van der Waals surface area contributed by atoms with Crippen molar-refractivity contribution in [1.82, 2.24) is 5.32 Å². The zero-order chi connectivity index (χ0) is 26.1. The molecule has 11 heteroatoms. The van der Waals surface area contributed by atoms with Crippen LogP contribution in [-0.2, 0) is 27.7 Å². The van der Waals surface area contributed by atoms with Crippen molar-refractivity contribution < 1.29 is 32.5 Å². The Labute approximate surface area is 212 Å². The Bertz CT molecular complexity index is 1150. The molecule has 0 aliphatic carbocycles. The maximum absolute atomic E-state index is 12.2. The van der Waals surface area contributed by atoms with Gasteiger partial charge in [0.1, 0.15) is 18.5 Å². The highest BCUT2D eigenvalue weighted by atomic mass is 32.2. The molecule has 1 heterocycles. The summed E-state index contributed by atoms with van der Waals surface area (Å²) in [5.41, 5.74) is 2.51. The first-order valence-electron chi connectivity index (χ1n) is 11.9. The standard InChI is InChI=1S/C25H35N3O7S/c1-4-13-36(31,32)28-20-7-9-21(19-6-10-24(30)27-25(19)20)35-16-18(29)15-26-12-11-17-5-8-22(33-2)23(14-17)34-3/h5,7-9,14,18,26,28-29H,4,6,10-13,15-16H2,1-3H3,(H,27,30). The van der Waals surface area contributed by atoms with E-state index in [1.54, 1.807) is 33.3 Å². The summed E-state index contributed by atoms with van der Waals surface area (Å²) < 4.78 is 43.5.